The lowest BCUT2D eigenvalue weighted by molar-refractivity contribution is -0.142. The molecule has 280 valence electrons. The Morgan fingerprint density at radius 3 is 0.800 bits per heavy atom. The van der Waals surface area contributed by atoms with Gasteiger partial charge in [-0.15, -0.1) is 0 Å². The van der Waals surface area contributed by atoms with Gasteiger partial charge >= 0.3 is 5.97 Å². The van der Waals surface area contributed by atoms with Gasteiger partial charge in [0.15, 0.2) is 8.32 Å². The largest absolute Gasteiger partial charge is 0.466 e. The first-order valence-electron chi connectivity index (χ1n) is 9.07. The second-order valence-electron chi connectivity index (χ2n) is 5.61. The molecule has 0 aliphatic rings. The molecule has 0 aliphatic heterocycles. The Morgan fingerprint density at radius 2 is 0.750 bits per heavy atom. The lowest BCUT2D eigenvalue weighted by atomic mass is 10.5. The molecule has 0 aromatic heterocycles. The fourth-order valence-corrected chi connectivity index (χ4v) is 1.69. The lowest BCUT2D eigenvalue weighted by Crippen LogP contribution is -2.25. The summed E-state index contributed by atoms with van der Waals surface area (Å²) >= 11 is 0. The van der Waals surface area contributed by atoms with Crippen LogP contribution in [0.4, 0.5) is 0 Å². The average molecular weight is 625 g/mol. The molecule has 0 spiro atoms. The van der Waals surface area contributed by atoms with Crippen molar-refractivity contribution < 1.29 is 18.7 Å². The van der Waals surface area contributed by atoms with Crippen molar-refractivity contribution in [2.24, 2.45) is 0 Å². The highest BCUT2D eigenvalue weighted by atomic mass is 28.4. The van der Waals surface area contributed by atoms with E-state index in [0.29, 0.717) is 13.0 Å². The van der Waals surface area contributed by atoms with E-state index in [0.717, 1.165) is 26.2 Å². The zero-order chi connectivity index (χ0) is 19.1. The fourth-order valence-electron chi connectivity index (χ4n) is 0.875. The maximum absolute atomic E-state index is 10.2. The molecule has 0 fully saturated rings. The molecule has 0 aliphatic carbocycles. The molecule has 40 heavy (non-hydrogen) atoms. The predicted molar refractivity (Wildman–Crippen MR) is 219 cm³/mol. The molecule has 0 aromatic rings. The molecule has 0 radical (unpaired) electrons. The molecule has 0 bridgehead atoms. The number of carbonyl (C=O) groups excluding carboxylic acids is 1. The van der Waals surface area contributed by atoms with Crippen molar-refractivity contribution in [2.45, 2.75) is 214 Å². The summed E-state index contributed by atoms with van der Waals surface area (Å²) in [5.74, 6) is -0.123. The molecule has 5 heteroatoms. The molecule has 0 saturated heterocycles. The Morgan fingerprint density at radius 1 is 0.500 bits per heavy atom. The van der Waals surface area contributed by atoms with Gasteiger partial charge in [-0.3, -0.25) is 4.79 Å². The van der Waals surface area contributed by atoms with Crippen LogP contribution in [0.15, 0.2) is 0 Å². The predicted octanol–water partition coefficient (Wildman–Crippen LogP) is 16.5. The molecule has 0 saturated carbocycles. The van der Waals surface area contributed by atoms with Crippen LogP contribution in [0.1, 0.15) is 194 Å². The minimum atomic E-state index is -1.18. The monoisotopic (exact) mass is 625 g/mol. The number of hydrogen-bond donors (Lipinski definition) is 0. The number of rotatable bonds is 7. The van der Waals surface area contributed by atoms with Gasteiger partial charge in [-0.25, -0.2) is 0 Å². The van der Waals surface area contributed by atoms with Gasteiger partial charge in [0.25, 0.3) is 0 Å². The number of carbonyl (C=O) groups is 1. The Balaban J connectivity index is -0.00000000569. The average Bonchev–Trinajstić information content (AvgIpc) is 2.47. The molecule has 0 heterocycles. The van der Waals surface area contributed by atoms with Crippen LogP contribution in [0.5, 0.6) is 0 Å². The van der Waals surface area contributed by atoms with Crippen molar-refractivity contribution in [1.82, 2.24) is 0 Å². The van der Waals surface area contributed by atoms with E-state index in [-0.39, 0.29) is 132 Å². The van der Waals surface area contributed by atoms with Gasteiger partial charge in [-0.1, -0.05) is 160 Å². The highest BCUT2D eigenvalue weighted by Gasteiger charge is 2.12. The van der Waals surface area contributed by atoms with Crippen molar-refractivity contribution in [3.8, 4) is 0 Å². The summed E-state index contributed by atoms with van der Waals surface area (Å²) in [6, 6.07) is 0. The van der Waals surface area contributed by atoms with Gasteiger partial charge in [-0.05, 0) is 46.8 Å². The van der Waals surface area contributed by atoms with Crippen molar-refractivity contribution in [3.63, 3.8) is 0 Å². The van der Waals surface area contributed by atoms with E-state index in [1.807, 2.05) is 13.8 Å². The molecule has 0 unspecified atom stereocenters. The Labute approximate surface area is 272 Å². The van der Waals surface area contributed by atoms with Crippen LogP contribution in [0, 0.1) is 0 Å². The van der Waals surface area contributed by atoms with Gasteiger partial charge in [-0.2, -0.15) is 0 Å². The summed E-state index contributed by atoms with van der Waals surface area (Å²) < 4.78 is 14.9. The number of esters is 1. The minimum Gasteiger partial charge on any atom is -0.466 e. The summed E-state index contributed by atoms with van der Waals surface area (Å²) in [4.78, 5) is 10.2. The first-order chi connectivity index (χ1) is 10.7. The second-order valence-corrected chi connectivity index (χ2v) is 10.1. The van der Waals surface area contributed by atoms with E-state index in [1.54, 1.807) is 13.8 Å². The summed E-state index contributed by atoms with van der Waals surface area (Å²) in [5, 5.41) is 0. The van der Waals surface area contributed by atoms with Gasteiger partial charge in [0, 0.05) is 26.2 Å². The zero-order valence-corrected chi connectivity index (χ0v) is 18.6. The van der Waals surface area contributed by atoms with E-state index in [2.05, 4.69) is 45.1 Å². The number of hydrogen-bond acceptors (Lipinski definition) is 4. The standard InChI is InChI=1S/C6H16OSi.C5H10O2.C4H10O.C3H8.17CH4/c1-5-6-7-8(2,3)4;1-3-5(6)7-4-2;1-3-5-4-2;1-3-2;;;;;;;;;;;;;;;;;/h5-6H2,1-4H3;3-4H2,1-2H3;3-4H2,1-2H3;3H2,1-2H3;17*1H4. The lowest BCUT2D eigenvalue weighted by Gasteiger charge is -2.15. The van der Waals surface area contributed by atoms with Crippen LogP contribution in [-0.4, -0.2) is 40.7 Å². The van der Waals surface area contributed by atoms with Crippen LogP contribution >= 0.6 is 0 Å². The summed E-state index contributed by atoms with van der Waals surface area (Å²) in [6.45, 7) is 23.7. The summed E-state index contributed by atoms with van der Waals surface area (Å²) in [7, 11) is -1.18. The molecule has 0 atom stereocenters. The zero-order valence-electron chi connectivity index (χ0n) is 17.6. The van der Waals surface area contributed by atoms with E-state index in [4.69, 9.17) is 9.16 Å². The van der Waals surface area contributed by atoms with Crippen molar-refractivity contribution in [3.05, 3.63) is 0 Å². The van der Waals surface area contributed by atoms with Crippen LogP contribution in [0.3, 0.4) is 0 Å². The Bertz CT molecular complexity index is 206. The first-order valence-corrected chi connectivity index (χ1v) is 12.5. The third-order valence-electron chi connectivity index (χ3n) is 1.74. The minimum absolute atomic E-state index is 0. The quantitative estimate of drug-likeness (QED) is 0.209. The van der Waals surface area contributed by atoms with Gasteiger partial charge in [0.05, 0.1) is 6.61 Å². The van der Waals surface area contributed by atoms with Crippen LogP contribution in [0.2, 0.25) is 19.6 Å². The van der Waals surface area contributed by atoms with Gasteiger partial charge in [0.1, 0.15) is 0 Å². The maximum atomic E-state index is 10.2. The second kappa shape index (κ2) is 158. The molecular formula is C35H112O4Si. The number of ether oxygens (including phenoxy) is 2. The highest BCUT2D eigenvalue weighted by molar-refractivity contribution is 6.69. The van der Waals surface area contributed by atoms with Crippen molar-refractivity contribution in [1.29, 1.82) is 0 Å². The van der Waals surface area contributed by atoms with Gasteiger partial charge < -0.3 is 13.9 Å². The van der Waals surface area contributed by atoms with Crippen molar-refractivity contribution >= 4 is 14.3 Å². The van der Waals surface area contributed by atoms with Crippen LogP contribution in [0.25, 0.3) is 0 Å². The molecule has 0 N–H and O–H groups in total. The van der Waals surface area contributed by atoms with Crippen molar-refractivity contribution in [2.75, 3.05) is 26.4 Å². The third kappa shape index (κ3) is 374. The normalized spacial score (nSPS) is 5.35. The first kappa shape index (κ1) is 171. The van der Waals surface area contributed by atoms with E-state index >= 15 is 0 Å². The third-order valence-corrected chi connectivity index (χ3v) is 2.81. The van der Waals surface area contributed by atoms with Gasteiger partial charge in [0.2, 0.25) is 0 Å². The Kier molecular flexibility index (Phi) is 672. The SMILES string of the molecule is C.C.C.C.C.C.C.C.C.C.C.C.C.C.C.C.C.CCC.CCCO[Si](C)(C)C.CCOC(=O)CC.CCOCC. The van der Waals surface area contributed by atoms with E-state index < -0.39 is 8.32 Å². The highest BCUT2D eigenvalue weighted by Crippen LogP contribution is 2.01. The van der Waals surface area contributed by atoms with E-state index in [9.17, 15) is 4.79 Å². The molecule has 0 amide bonds. The Hall–Kier alpha value is -0.393. The molecular weight excluding hydrogens is 512 g/mol. The van der Waals surface area contributed by atoms with Crippen LogP contribution in [-0.2, 0) is 18.7 Å². The summed E-state index contributed by atoms with van der Waals surface area (Å²) in [6.07, 6.45) is 2.87. The molecule has 0 aromatic carbocycles. The smallest absolute Gasteiger partial charge is 0.305 e. The molecule has 4 nitrogen and oxygen atoms in total. The maximum Gasteiger partial charge on any atom is 0.305 e. The fraction of sp³-hybridized carbons (Fsp3) is 0.971. The summed E-state index contributed by atoms with van der Waals surface area (Å²) in [5.41, 5.74) is 0. The van der Waals surface area contributed by atoms with Crippen LogP contribution < -0.4 is 0 Å². The van der Waals surface area contributed by atoms with E-state index in [1.165, 1.54) is 6.42 Å². The topological polar surface area (TPSA) is 44.8 Å². The molecule has 0 rings (SSSR count).